The minimum atomic E-state index is -0.248. The van der Waals surface area contributed by atoms with E-state index in [-0.39, 0.29) is 31.5 Å². The first kappa shape index (κ1) is 19.4. The molecule has 28 heavy (non-hydrogen) atoms. The van der Waals surface area contributed by atoms with Crippen LogP contribution in [-0.4, -0.2) is 42.2 Å². The molecule has 2 amide bonds. The van der Waals surface area contributed by atoms with E-state index >= 15 is 0 Å². The Morgan fingerprint density at radius 1 is 1.07 bits per heavy atom. The van der Waals surface area contributed by atoms with Crippen LogP contribution < -0.4 is 15.4 Å². The fraction of sp³-hybridized carbons (Fsp3) is 0.250. The van der Waals surface area contributed by atoms with Gasteiger partial charge in [-0.3, -0.25) is 9.59 Å². The van der Waals surface area contributed by atoms with E-state index in [2.05, 4.69) is 15.6 Å². The highest BCUT2D eigenvalue weighted by Gasteiger charge is 2.14. The molecular formula is C20H22N4O4. The molecule has 0 bridgehead atoms. The molecule has 0 saturated heterocycles. The highest BCUT2D eigenvalue weighted by Crippen LogP contribution is 2.18. The summed E-state index contributed by atoms with van der Waals surface area (Å²) in [5.41, 5.74) is 2.22. The topological polar surface area (TPSA) is 94.5 Å². The maximum absolute atomic E-state index is 12.6. The van der Waals surface area contributed by atoms with Crippen LogP contribution in [-0.2, 0) is 27.4 Å². The molecular weight excluding hydrogens is 360 g/mol. The van der Waals surface area contributed by atoms with E-state index in [1.165, 1.54) is 7.11 Å². The summed E-state index contributed by atoms with van der Waals surface area (Å²) in [6.07, 6.45) is 0. The van der Waals surface area contributed by atoms with E-state index < -0.39 is 0 Å². The summed E-state index contributed by atoms with van der Waals surface area (Å²) < 4.78 is 11.8. The second-order valence-corrected chi connectivity index (χ2v) is 6.09. The molecule has 0 fully saturated rings. The lowest BCUT2D eigenvalue weighted by atomic mass is 10.3. The number of hydrogen-bond donors (Lipinski definition) is 2. The number of anilines is 1. The van der Waals surface area contributed by atoms with Crippen LogP contribution in [0.5, 0.6) is 5.75 Å². The molecule has 0 spiro atoms. The number of carbonyl (C=O) groups is 2. The van der Waals surface area contributed by atoms with Crippen molar-refractivity contribution in [3.63, 3.8) is 0 Å². The predicted octanol–water partition coefficient (Wildman–Crippen LogP) is 1.95. The van der Waals surface area contributed by atoms with Crippen LogP contribution in [0.25, 0.3) is 11.0 Å². The standard InChI is InChI=1S/C20H22N4O4/c1-27-13-20(26)21-11-18-23-16-8-3-4-9-17(16)24(18)12-19(25)22-14-6-5-7-15(10-14)28-2/h3-10H,11-13H2,1-2H3,(H,21,26)(H,22,25). The predicted molar refractivity (Wildman–Crippen MR) is 105 cm³/mol. The number of nitrogens with one attached hydrogen (secondary N) is 2. The third-order valence-electron chi connectivity index (χ3n) is 4.11. The number of rotatable bonds is 8. The summed E-state index contributed by atoms with van der Waals surface area (Å²) in [5, 5.41) is 5.60. The van der Waals surface area contributed by atoms with Crippen molar-refractivity contribution in [3.05, 3.63) is 54.4 Å². The Balaban J connectivity index is 1.79. The van der Waals surface area contributed by atoms with Crippen molar-refractivity contribution in [3.8, 4) is 5.75 Å². The highest BCUT2D eigenvalue weighted by atomic mass is 16.5. The summed E-state index contributed by atoms with van der Waals surface area (Å²) in [5.74, 6) is 0.793. The Morgan fingerprint density at radius 2 is 1.89 bits per heavy atom. The largest absolute Gasteiger partial charge is 0.497 e. The number of fused-ring (bicyclic) bond motifs is 1. The number of imidazole rings is 1. The molecule has 3 rings (SSSR count). The number of hydrogen-bond acceptors (Lipinski definition) is 5. The maximum Gasteiger partial charge on any atom is 0.246 e. The van der Waals surface area contributed by atoms with E-state index in [9.17, 15) is 9.59 Å². The number of para-hydroxylation sites is 2. The molecule has 0 atom stereocenters. The number of ether oxygens (including phenoxy) is 2. The van der Waals surface area contributed by atoms with Crippen LogP contribution in [0.3, 0.4) is 0 Å². The Hall–Kier alpha value is -3.39. The van der Waals surface area contributed by atoms with Crippen molar-refractivity contribution >= 4 is 28.5 Å². The SMILES string of the molecule is COCC(=O)NCc1nc2ccccc2n1CC(=O)Nc1cccc(OC)c1. The average Bonchev–Trinajstić information content (AvgIpc) is 3.04. The van der Waals surface area contributed by atoms with Gasteiger partial charge in [0.2, 0.25) is 11.8 Å². The summed E-state index contributed by atoms with van der Waals surface area (Å²) >= 11 is 0. The summed E-state index contributed by atoms with van der Waals surface area (Å²) in [7, 11) is 3.03. The quantitative estimate of drug-likeness (QED) is 0.621. The van der Waals surface area contributed by atoms with Gasteiger partial charge in [0.25, 0.3) is 0 Å². The lowest BCUT2D eigenvalue weighted by Crippen LogP contribution is -2.29. The molecule has 2 aromatic carbocycles. The summed E-state index contributed by atoms with van der Waals surface area (Å²) in [6.45, 7) is 0.229. The van der Waals surface area contributed by atoms with Gasteiger partial charge in [0.1, 0.15) is 24.7 Å². The van der Waals surface area contributed by atoms with Crippen molar-refractivity contribution in [2.45, 2.75) is 13.1 Å². The Bertz CT molecular complexity index is 983. The Kier molecular flexibility index (Phi) is 6.23. The molecule has 0 aliphatic carbocycles. The van der Waals surface area contributed by atoms with Gasteiger partial charge in [-0.2, -0.15) is 0 Å². The van der Waals surface area contributed by atoms with Gasteiger partial charge in [-0.1, -0.05) is 18.2 Å². The van der Waals surface area contributed by atoms with Crippen LogP contribution in [0.2, 0.25) is 0 Å². The molecule has 0 aliphatic rings. The van der Waals surface area contributed by atoms with Crippen molar-refractivity contribution in [1.82, 2.24) is 14.9 Å². The van der Waals surface area contributed by atoms with E-state index in [1.54, 1.807) is 35.9 Å². The minimum Gasteiger partial charge on any atom is -0.497 e. The minimum absolute atomic E-state index is 0.0312. The van der Waals surface area contributed by atoms with Gasteiger partial charge in [0.05, 0.1) is 24.7 Å². The summed E-state index contributed by atoms with van der Waals surface area (Å²) in [4.78, 5) is 28.9. The number of nitrogens with zero attached hydrogens (tertiary/aromatic N) is 2. The first-order valence-corrected chi connectivity index (χ1v) is 8.74. The van der Waals surface area contributed by atoms with Gasteiger partial charge in [-0.15, -0.1) is 0 Å². The van der Waals surface area contributed by atoms with Crippen LogP contribution in [0.15, 0.2) is 48.5 Å². The number of benzene rings is 2. The van der Waals surface area contributed by atoms with Gasteiger partial charge in [-0.05, 0) is 24.3 Å². The van der Waals surface area contributed by atoms with Crippen LogP contribution >= 0.6 is 0 Å². The van der Waals surface area contributed by atoms with Gasteiger partial charge < -0.3 is 24.7 Å². The number of aromatic nitrogens is 2. The van der Waals surface area contributed by atoms with Crippen LogP contribution in [0.4, 0.5) is 5.69 Å². The second kappa shape index (κ2) is 9.01. The van der Waals surface area contributed by atoms with Crippen molar-refractivity contribution in [1.29, 1.82) is 0 Å². The third kappa shape index (κ3) is 4.66. The molecule has 0 aliphatic heterocycles. The van der Waals surface area contributed by atoms with Crippen molar-refractivity contribution < 1.29 is 19.1 Å². The lowest BCUT2D eigenvalue weighted by Gasteiger charge is -2.11. The van der Waals surface area contributed by atoms with E-state index in [0.29, 0.717) is 17.3 Å². The van der Waals surface area contributed by atoms with Gasteiger partial charge in [-0.25, -0.2) is 4.98 Å². The normalized spacial score (nSPS) is 10.6. The summed E-state index contributed by atoms with van der Waals surface area (Å²) in [6, 6.07) is 14.7. The maximum atomic E-state index is 12.6. The van der Waals surface area contributed by atoms with Gasteiger partial charge in [0.15, 0.2) is 0 Å². The van der Waals surface area contributed by atoms with Gasteiger partial charge >= 0.3 is 0 Å². The average molecular weight is 382 g/mol. The first-order valence-electron chi connectivity index (χ1n) is 8.74. The van der Waals surface area contributed by atoms with Gasteiger partial charge in [0, 0.05) is 18.9 Å². The van der Waals surface area contributed by atoms with E-state index in [0.717, 1.165) is 11.0 Å². The van der Waals surface area contributed by atoms with Crippen molar-refractivity contribution in [2.24, 2.45) is 0 Å². The molecule has 0 radical (unpaired) electrons. The molecule has 146 valence electrons. The molecule has 3 aromatic rings. The Labute approximate surface area is 162 Å². The van der Waals surface area contributed by atoms with Crippen LogP contribution in [0.1, 0.15) is 5.82 Å². The van der Waals surface area contributed by atoms with Crippen LogP contribution in [0, 0.1) is 0 Å². The zero-order valence-corrected chi connectivity index (χ0v) is 15.8. The third-order valence-corrected chi connectivity index (χ3v) is 4.11. The number of amides is 2. The monoisotopic (exact) mass is 382 g/mol. The highest BCUT2D eigenvalue weighted by molar-refractivity contribution is 5.92. The molecule has 1 aromatic heterocycles. The van der Waals surface area contributed by atoms with Crippen molar-refractivity contribution in [2.75, 3.05) is 26.1 Å². The lowest BCUT2D eigenvalue weighted by molar-refractivity contribution is -0.124. The molecule has 8 heteroatoms. The Morgan fingerprint density at radius 3 is 2.68 bits per heavy atom. The van der Waals surface area contributed by atoms with E-state index in [1.807, 2.05) is 24.3 Å². The molecule has 0 unspecified atom stereocenters. The number of carbonyl (C=O) groups excluding carboxylic acids is 2. The first-order chi connectivity index (χ1) is 13.6. The smallest absolute Gasteiger partial charge is 0.246 e. The number of methoxy groups -OCH3 is 2. The molecule has 2 N–H and O–H groups in total. The fourth-order valence-electron chi connectivity index (χ4n) is 2.84. The fourth-order valence-corrected chi connectivity index (χ4v) is 2.84. The van der Waals surface area contributed by atoms with E-state index in [4.69, 9.17) is 9.47 Å². The molecule has 1 heterocycles. The zero-order valence-electron chi connectivity index (χ0n) is 15.8. The molecule has 0 saturated carbocycles. The second-order valence-electron chi connectivity index (χ2n) is 6.09. The zero-order chi connectivity index (χ0) is 19.9. The molecule has 8 nitrogen and oxygen atoms in total.